The van der Waals surface area contributed by atoms with E-state index in [0.717, 1.165) is 31.2 Å². The van der Waals surface area contributed by atoms with E-state index in [2.05, 4.69) is 35.3 Å². The van der Waals surface area contributed by atoms with Crippen LogP contribution in [-0.2, 0) is 12.8 Å². The molecule has 0 bridgehead atoms. The van der Waals surface area contributed by atoms with Crippen LogP contribution in [-0.4, -0.2) is 43.7 Å². The van der Waals surface area contributed by atoms with E-state index in [1.54, 1.807) is 0 Å². The molecule has 2 aliphatic heterocycles. The Kier molecular flexibility index (Phi) is 7.00. The van der Waals surface area contributed by atoms with Gasteiger partial charge in [0.1, 0.15) is 5.75 Å². The molecule has 0 unspecified atom stereocenters. The first-order valence-corrected chi connectivity index (χ1v) is 8.56. The van der Waals surface area contributed by atoms with E-state index >= 15 is 0 Å². The smallest absolute Gasteiger partial charge is 0.122 e. The van der Waals surface area contributed by atoms with E-state index < -0.39 is 0 Å². The maximum Gasteiger partial charge on any atom is 0.122 e. The van der Waals surface area contributed by atoms with E-state index in [9.17, 15) is 0 Å². The van der Waals surface area contributed by atoms with Crippen molar-refractivity contribution in [3.05, 3.63) is 29.3 Å². The number of nitrogens with one attached hydrogen (secondary N) is 1. The van der Waals surface area contributed by atoms with Gasteiger partial charge < -0.3 is 10.1 Å². The van der Waals surface area contributed by atoms with E-state index in [4.69, 9.17) is 4.74 Å². The van der Waals surface area contributed by atoms with Gasteiger partial charge in [0, 0.05) is 19.0 Å². The minimum absolute atomic E-state index is 0. The summed E-state index contributed by atoms with van der Waals surface area (Å²) in [5.74, 6) is 1.10. The van der Waals surface area contributed by atoms with Gasteiger partial charge in [-0.2, -0.15) is 0 Å². The molecular formula is C18H29ClN2O. The molecule has 0 amide bonds. The van der Waals surface area contributed by atoms with Gasteiger partial charge in [0.2, 0.25) is 0 Å². The minimum atomic E-state index is 0. The third-order valence-electron chi connectivity index (χ3n) is 4.78. The first-order chi connectivity index (χ1) is 10.4. The van der Waals surface area contributed by atoms with Crippen molar-refractivity contribution in [2.75, 3.05) is 32.8 Å². The molecule has 22 heavy (non-hydrogen) atoms. The summed E-state index contributed by atoms with van der Waals surface area (Å²) >= 11 is 0. The number of hydrogen-bond acceptors (Lipinski definition) is 3. The summed E-state index contributed by atoms with van der Waals surface area (Å²) in [6, 6.07) is 7.54. The molecule has 0 spiro atoms. The predicted octanol–water partition coefficient (Wildman–Crippen LogP) is 3.05. The Balaban J connectivity index is 0.00000176. The van der Waals surface area contributed by atoms with Crippen molar-refractivity contribution >= 4 is 12.4 Å². The molecule has 0 aromatic heterocycles. The van der Waals surface area contributed by atoms with Gasteiger partial charge in [0.05, 0.1) is 6.61 Å². The third-order valence-corrected chi connectivity index (χ3v) is 4.78. The number of benzene rings is 1. The summed E-state index contributed by atoms with van der Waals surface area (Å²) in [5, 5.41) is 3.47. The number of halogens is 1. The molecule has 1 saturated heterocycles. The van der Waals surface area contributed by atoms with E-state index in [0.29, 0.717) is 0 Å². The normalized spacial score (nSPS) is 17.9. The van der Waals surface area contributed by atoms with Crippen molar-refractivity contribution < 1.29 is 4.74 Å². The molecule has 1 fully saturated rings. The van der Waals surface area contributed by atoms with Crippen LogP contribution in [0.4, 0.5) is 0 Å². The Morgan fingerprint density at radius 3 is 2.82 bits per heavy atom. The highest BCUT2D eigenvalue weighted by Crippen LogP contribution is 2.26. The van der Waals surface area contributed by atoms with Crippen LogP contribution in [0.1, 0.15) is 37.3 Å². The lowest BCUT2D eigenvalue weighted by Crippen LogP contribution is -2.44. The van der Waals surface area contributed by atoms with Crippen molar-refractivity contribution in [2.45, 2.75) is 45.1 Å². The van der Waals surface area contributed by atoms with Crippen LogP contribution < -0.4 is 10.1 Å². The van der Waals surface area contributed by atoms with Gasteiger partial charge in [-0.3, -0.25) is 4.90 Å². The van der Waals surface area contributed by atoms with Crippen LogP contribution in [0.5, 0.6) is 5.75 Å². The van der Waals surface area contributed by atoms with Crippen LogP contribution in [0.2, 0.25) is 0 Å². The highest BCUT2D eigenvalue weighted by atomic mass is 35.5. The molecule has 0 atom stereocenters. The van der Waals surface area contributed by atoms with Crippen LogP contribution >= 0.6 is 12.4 Å². The molecule has 1 aromatic carbocycles. The monoisotopic (exact) mass is 324 g/mol. The standard InChI is InChI=1S/C18H28N2O.ClH/c1-2-11-20(17-5-9-19-10-6-17)12-7-15-3-4-18-16(14-15)8-13-21-18;/h3-4,14,17,19H,2,5-13H2,1H3;1H. The van der Waals surface area contributed by atoms with E-state index in [1.165, 1.54) is 56.6 Å². The Bertz CT molecular complexity index is 460. The quantitative estimate of drug-likeness (QED) is 0.870. The number of nitrogens with zero attached hydrogens (tertiary/aromatic N) is 1. The van der Waals surface area contributed by atoms with Crippen molar-refractivity contribution in [3.8, 4) is 5.75 Å². The fourth-order valence-corrected chi connectivity index (χ4v) is 3.60. The number of ether oxygens (including phenoxy) is 1. The van der Waals surface area contributed by atoms with Gasteiger partial charge in [0.25, 0.3) is 0 Å². The summed E-state index contributed by atoms with van der Waals surface area (Å²) in [5.41, 5.74) is 2.87. The van der Waals surface area contributed by atoms with Crippen molar-refractivity contribution in [1.29, 1.82) is 0 Å². The summed E-state index contributed by atoms with van der Waals surface area (Å²) in [4.78, 5) is 2.71. The second-order valence-electron chi connectivity index (χ2n) is 6.31. The average Bonchev–Trinajstić information content (AvgIpc) is 3.00. The number of piperidine rings is 1. The predicted molar refractivity (Wildman–Crippen MR) is 94.3 cm³/mol. The Morgan fingerprint density at radius 1 is 1.23 bits per heavy atom. The Morgan fingerprint density at radius 2 is 2.05 bits per heavy atom. The molecule has 1 aromatic rings. The first kappa shape index (κ1) is 17.6. The van der Waals surface area contributed by atoms with Gasteiger partial charge in [-0.15, -0.1) is 12.4 Å². The maximum absolute atomic E-state index is 5.60. The molecule has 3 nitrogen and oxygen atoms in total. The molecule has 4 heteroatoms. The fourth-order valence-electron chi connectivity index (χ4n) is 3.60. The molecule has 2 aliphatic rings. The Labute approximate surface area is 140 Å². The van der Waals surface area contributed by atoms with Gasteiger partial charge in [-0.05, 0) is 62.5 Å². The zero-order valence-electron chi connectivity index (χ0n) is 13.6. The zero-order chi connectivity index (χ0) is 14.5. The van der Waals surface area contributed by atoms with Gasteiger partial charge >= 0.3 is 0 Å². The minimum Gasteiger partial charge on any atom is -0.493 e. The lowest BCUT2D eigenvalue weighted by molar-refractivity contribution is 0.164. The van der Waals surface area contributed by atoms with Gasteiger partial charge in [-0.25, -0.2) is 0 Å². The number of rotatable bonds is 6. The van der Waals surface area contributed by atoms with Gasteiger partial charge in [-0.1, -0.05) is 19.1 Å². The summed E-state index contributed by atoms with van der Waals surface area (Å²) < 4.78 is 5.60. The van der Waals surface area contributed by atoms with E-state index in [-0.39, 0.29) is 12.4 Å². The highest BCUT2D eigenvalue weighted by Gasteiger charge is 2.20. The fraction of sp³-hybridized carbons (Fsp3) is 0.667. The lowest BCUT2D eigenvalue weighted by atomic mass is 10.0. The largest absolute Gasteiger partial charge is 0.493 e. The zero-order valence-corrected chi connectivity index (χ0v) is 14.5. The third kappa shape index (κ3) is 4.37. The molecule has 124 valence electrons. The number of fused-ring (bicyclic) bond motifs is 1. The Hall–Kier alpha value is -0.770. The van der Waals surface area contributed by atoms with Crippen molar-refractivity contribution in [2.24, 2.45) is 0 Å². The second-order valence-corrected chi connectivity index (χ2v) is 6.31. The molecule has 0 radical (unpaired) electrons. The van der Waals surface area contributed by atoms with Crippen LogP contribution in [0.15, 0.2) is 18.2 Å². The van der Waals surface area contributed by atoms with Crippen molar-refractivity contribution in [1.82, 2.24) is 10.2 Å². The molecular weight excluding hydrogens is 296 g/mol. The first-order valence-electron chi connectivity index (χ1n) is 8.56. The highest BCUT2D eigenvalue weighted by molar-refractivity contribution is 5.85. The summed E-state index contributed by atoms with van der Waals surface area (Å²) in [6.07, 6.45) is 6.10. The summed E-state index contributed by atoms with van der Waals surface area (Å²) in [6.45, 7) is 7.94. The molecule has 2 heterocycles. The molecule has 1 N–H and O–H groups in total. The lowest BCUT2D eigenvalue weighted by Gasteiger charge is -2.34. The van der Waals surface area contributed by atoms with Gasteiger partial charge in [0.15, 0.2) is 0 Å². The maximum atomic E-state index is 5.60. The summed E-state index contributed by atoms with van der Waals surface area (Å²) in [7, 11) is 0. The average molecular weight is 325 g/mol. The molecule has 0 saturated carbocycles. The van der Waals surface area contributed by atoms with Crippen LogP contribution in [0.25, 0.3) is 0 Å². The molecule has 0 aliphatic carbocycles. The van der Waals surface area contributed by atoms with Crippen molar-refractivity contribution in [3.63, 3.8) is 0 Å². The SMILES string of the molecule is CCCN(CCc1ccc2c(c1)CCO2)C1CCNCC1.Cl. The molecule has 3 rings (SSSR count). The van der Waals surface area contributed by atoms with Crippen LogP contribution in [0.3, 0.4) is 0 Å². The van der Waals surface area contributed by atoms with E-state index in [1.807, 2.05) is 0 Å². The second kappa shape index (κ2) is 8.76. The number of hydrogen-bond donors (Lipinski definition) is 1. The topological polar surface area (TPSA) is 24.5 Å². The van der Waals surface area contributed by atoms with Crippen LogP contribution in [0, 0.1) is 0 Å².